The summed E-state index contributed by atoms with van der Waals surface area (Å²) >= 11 is 0. The number of nitrogens with one attached hydrogen (secondary N) is 2. The number of carbonyl (C=O) groups is 4. The van der Waals surface area contributed by atoms with Crippen molar-refractivity contribution in [1.82, 2.24) is 25.3 Å². The number of methoxy groups -OCH3 is 1. The quantitative estimate of drug-likeness (QED) is 0.197. The molecule has 1 saturated heterocycles. The fraction of sp³-hybridized carbons (Fsp3) is 0.744. The summed E-state index contributed by atoms with van der Waals surface area (Å²) in [5.74, 6) is -1.05. The number of likely N-dealkylation sites (N-methyl/N-ethyl adjacent to an activating group) is 2. The predicted molar refractivity (Wildman–Crippen MR) is 198 cm³/mol. The Hall–Kier alpha value is -3.02. The highest BCUT2D eigenvalue weighted by Crippen LogP contribution is 2.28. The summed E-state index contributed by atoms with van der Waals surface area (Å²) in [5.41, 5.74) is 0.741. The smallest absolute Gasteiger partial charge is 0.245 e. The van der Waals surface area contributed by atoms with E-state index in [4.69, 9.17) is 4.74 Å². The number of ether oxygens (including phenoxy) is 1. The molecule has 3 N–H and O–H groups in total. The van der Waals surface area contributed by atoms with E-state index in [9.17, 15) is 24.3 Å². The average Bonchev–Trinajstić information content (AvgIpc) is 3.53. The second-order valence-corrected chi connectivity index (χ2v) is 15.4. The lowest BCUT2D eigenvalue weighted by Crippen LogP contribution is -2.59. The van der Waals surface area contributed by atoms with Gasteiger partial charge in [-0.2, -0.15) is 0 Å². The van der Waals surface area contributed by atoms with Crippen LogP contribution in [0.5, 0.6) is 0 Å². The van der Waals surface area contributed by atoms with Gasteiger partial charge in [0, 0.05) is 32.7 Å². The van der Waals surface area contributed by atoms with Crippen molar-refractivity contribution in [3.05, 3.63) is 35.9 Å². The van der Waals surface area contributed by atoms with Crippen LogP contribution in [0.15, 0.2) is 30.3 Å². The number of aliphatic hydroxyl groups excluding tert-OH is 1. The van der Waals surface area contributed by atoms with Gasteiger partial charge in [0.15, 0.2) is 0 Å². The lowest BCUT2D eigenvalue weighted by molar-refractivity contribution is -0.146. The molecule has 284 valence electrons. The summed E-state index contributed by atoms with van der Waals surface area (Å²) in [5, 5.41) is 16.7. The molecule has 1 aliphatic heterocycles. The molecular weight excluding hydrogens is 634 g/mol. The van der Waals surface area contributed by atoms with Gasteiger partial charge in [0.1, 0.15) is 6.04 Å². The molecule has 4 amide bonds. The van der Waals surface area contributed by atoms with E-state index in [1.165, 1.54) is 0 Å². The van der Waals surface area contributed by atoms with Crippen LogP contribution in [0.2, 0.25) is 0 Å². The molecule has 0 unspecified atom stereocenters. The Balaban J connectivity index is 2.16. The van der Waals surface area contributed by atoms with Crippen molar-refractivity contribution in [1.29, 1.82) is 0 Å². The first kappa shape index (κ1) is 43.1. The standard InChI is InChI=1S/C39H67N5O6/c1-13-26(6)35(43(11)39(49)33(24(2)3)41-38(48)34(25(4)5)42(9)10)31(50-12)23-32(45)44-21-17-20-30(44)22-27(7)37(47)40-28(8)36(46)29-18-15-14-16-19-29/h14-16,18-19,24-28,30-31,33-36,46H,13,17,20-23H2,1-12H3,(H,40,47)(H,41,48)/t26-,27+,28+,30-,31+,33-,34-,35-,36+/m0/s1. The molecule has 0 radical (unpaired) electrons. The van der Waals surface area contributed by atoms with E-state index in [2.05, 4.69) is 24.5 Å². The van der Waals surface area contributed by atoms with Crippen LogP contribution in [0.4, 0.5) is 0 Å². The van der Waals surface area contributed by atoms with Crippen LogP contribution in [-0.4, -0.2) is 115 Å². The first-order valence-corrected chi connectivity index (χ1v) is 18.6. The van der Waals surface area contributed by atoms with Crippen molar-refractivity contribution in [2.24, 2.45) is 23.7 Å². The van der Waals surface area contributed by atoms with Crippen molar-refractivity contribution in [2.75, 3.05) is 34.8 Å². The number of aliphatic hydroxyl groups is 1. The Morgan fingerprint density at radius 3 is 2.08 bits per heavy atom. The summed E-state index contributed by atoms with van der Waals surface area (Å²) in [6.45, 7) is 16.2. The van der Waals surface area contributed by atoms with Crippen LogP contribution in [0.1, 0.15) is 99.2 Å². The SMILES string of the molecule is CC[C@H](C)[C@@H]([C@@H](CC(=O)N1CCC[C@H]1C[C@@H](C)C(=O)N[C@H](C)[C@@H](O)c1ccccc1)OC)N(C)C(=O)[C@@H](NC(=O)[C@H](C(C)C)N(C)C)C(C)C. The molecule has 0 saturated carbocycles. The van der Waals surface area contributed by atoms with E-state index in [1.54, 1.807) is 26.0 Å². The number of hydrogen-bond donors (Lipinski definition) is 3. The fourth-order valence-corrected chi connectivity index (χ4v) is 7.43. The van der Waals surface area contributed by atoms with Crippen LogP contribution < -0.4 is 10.6 Å². The average molecular weight is 702 g/mol. The third-order valence-corrected chi connectivity index (χ3v) is 10.5. The highest BCUT2D eigenvalue weighted by molar-refractivity contribution is 5.90. The molecule has 11 heteroatoms. The fourth-order valence-electron chi connectivity index (χ4n) is 7.43. The Morgan fingerprint density at radius 2 is 1.56 bits per heavy atom. The Bertz CT molecular complexity index is 1220. The summed E-state index contributed by atoms with van der Waals surface area (Å²) < 4.78 is 5.99. The summed E-state index contributed by atoms with van der Waals surface area (Å²) in [6, 6.07) is 7.17. The molecule has 0 aliphatic carbocycles. The van der Waals surface area contributed by atoms with Gasteiger partial charge in [-0.05, 0) is 63.6 Å². The maximum atomic E-state index is 14.1. The predicted octanol–water partition coefficient (Wildman–Crippen LogP) is 4.25. The zero-order chi connectivity index (χ0) is 37.9. The second kappa shape index (κ2) is 20.1. The molecule has 0 bridgehead atoms. The van der Waals surface area contributed by atoms with E-state index in [1.807, 2.05) is 88.8 Å². The summed E-state index contributed by atoms with van der Waals surface area (Å²) in [6.07, 6.45) is 1.62. The molecule has 0 aromatic heterocycles. The number of nitrogens with zero attached hydrogens (tertiary/aromatic N) is 3. The highest BCUT2D eigenvalue weighted by atomic mass is 16.5. The number of amides is 4. The van der Waals surface area contributed by atoms with Crippen molar-refractivity contribution >= 4 is 23.6 Å². The highest BCUT2D eigenvalue weighted by Gasteiger charge is 2.40. The Labute approximate surface area is 301 Å². The molecule has 9 atom stereocenters. The third-order valence-electron chi connectivity index (χ3n) is 10.5. The van der Waals surface area contributed by atoms with E-state index in [-0.39, 0.29) is 65.8 Å². The molecule has 1 aromatic carbocycles. The van der Waals surface area contributed by atoms with Crippen LogP contribution in [0, 0.1) is 23.7 Å². The minimum Gasteiger partial charge on any atom is -0.386 e. The molecule has 1 aromatic rings. The van der Waals surface area contributed by atoms with E-state index >= 15 is 0 Å². The monoisotopic (exact) mass is 702 g/mol. The van der Waals surface area contributed by atoms with Gasteiger partial charge in [0.05, 0.1) is 36.8 Å². The van der Waals surface area contributed by atoms with Crippen molar-refractivity contribution < 1.29 is 29.0 Å². The normalized spacial score (nSPS) is 19.8. The minimum absolute atomic E-state index is 0.0155. The summed E-state index contributed by atoms with van der Waals surface area (Å²) in [7, 11) is 7.05. The van der Waals surface area contributed by atoms with E-state index < -0.39 is 30.3 Å². The lowest BCUT2D eigenvalue weighted by atomic mass is 9.89. The van der Waals surface area contributed by atoms with E-state index in [0.29, 0.717) is 13.0 Å². The van der Waals surface area contributed by atoms with Crippen LogP contribution in [-0.2, 0) is 23.9 Å². The molecule has 0 spiro atoms. The zero-order valence-corrected chi connectivity index (χ0v) is 32.8. The third kappa shape index (κ3) is 11.5. The number of hydrogen-bond acceptors (Lipinski definition) is 7. The van der Waals surface area contributed by atoms with Crippen LogP contribution in [0.3, 0.4) is 0 Å². The molecule has 11 nitrogen and oxygen atoms in total. The van der Waals surface area contributed by atoms with Gasteiger partial charge in [0.25, 0.3) is 0 Å². The largest absolute Gasteiger partial charge is 0.386 e. The number of benzene rings is 1. The summed E-state index contributed by atoms with van der Waals surface area (Å²) in [4.78, 5) is 60.0. The molecule has 1 fully saturated rings. The maximum Gasteiger partial charge on any atom is 0.245 e. The Kier molecular flexibility index (Phi) is 17.4. The number of carbonyl (C=O) groups excluding carboxylic acids is 4. The minimum atomic E-state index is -0.826. The van der Waals surface area contributed by atoms with Crippen molar-refractivity contribution in [2.45, 2.75) is 130 Å². The first-order chi connectivity index (χ1) is 23.5. The van der Waals surface area contributed by atoms with Gasteiger partial charge < -0.3 is 30.3 Å². The van der Waals surface area contributed by atoms with Crippen molar-refractivity contribution in [3.63, 3.8) is 0 Å². The molecular formula is C39H67N5O6. The maximum absolute atomic E-state index is 14.1. The number of rotatable bonds is 19. The van der Waals surface area contributed by atoms with Gasteiger partial charge in [-0.1, -0.05) is 85.2 Å². The van der Waals surface area contributed by atoms with Gasteiger partial charge >= 0.3 is 0 Å². The first-order valence-electron chi connectivity index (χ1n) is 18.6. The zero-order valence-electron chi connectivity index (χ0n) is 32.8. The van der Waals surface area contributed by atoms with Gasteiger partial charge in [-0.15, -0.1) is 0 Å². The number of likely N-dealkylation sites (tertiary alicyclic amines) is 1. The molecule has 2 rings (SSSR count). The Morgan fingerprint density at radius 1 is 0.940 bits per heavy atom. The van der Waals surface area contributed by atoms with Crippen LogP contribution >= 0.6 is 0 Å². The molecule has 1 aliphatic rings. The molecule has 50 heavy (non-hydrogen) atoms. The van der Waals surface area contributed by atoms with Gasteiger partial charge in [-0.3, -0.25) is 24.1 Å². The van der Waals surface area contributed by atoms with Gasteiger partial charge in [-0.25, -0.2) is 0 Å². The second-order valence-electron chi connectivity index (χ2n) is 15.4. The lowest BCUT2D eigenvalue weighted by Gasteiger charge is -2.40. The van der Waals surface area contributed by atoms with Crippen molar-refractivity contribution in [3.8, 4) is 0 Å². The topological polar surface area (TPSA) is 132 Å². The molecule has 1 heterocycles. The van der Waals surface area contributed by atoms with Crippen LogP contribution in [0.25, 0.3) is 0 Å². The van der Waals surface area contributed by atoms with E-state index in [0.717, 1.165) is 24.8 Å². The van der Waals surface area contributed by atoms with Gasteiger partial charge in [0.2, 0.25) is 23.6 Å².